The summed E-state index contributed by atoms with van der Waals surface area (Å²) in [5.74, 6) is 1.81. The summed E-state index contributed by atoms with van der Waals surface area (Å²) in [5.41, 5.74) is 0. The van der Waals surface area contributed by atoms with Crippen molar-refractivity contribution in [3.8, 4) is 0 Å². The van der Waals surface area contributed by atoms with Crippen molar-refractivity contribution in [1.82, 2.24) is 20.4 Å². The van der Waals surface area contributed by atoms with Crippen molar-refractivity contribution in [3.63, 3.8) is 0 Å². The van der Waals surface area contributed by atoms with Gasteiger partial charge in [-0.05, 0) is 72.5 Å². The van der Waals surface area contributed by atoms with E-state index in [1.165, 1.54) is 38.9 Å². The Morgan fingerprint density at radius 3 is 2.12 bits per heavy atom. The van der Waals surface area contributed by atoms with E-state index in [2.05, 4.69) is 60.0 Å². The van der Waals surface area contributed by atoms with Gasteiger partial charge in [-0.2, -0.15) is 0 Å². The molecule has 0 saturated carbocycles. The van der Waals surface area contributed by atoms with Crippen LogP contribution >= 0.6 is 24.0 Å². The van der Waals surface area contributed by atoms with E-state index in [4.69, 9.17) is 0 Å². The summed E-state index contributed by atoms with van der Waals surface area (Å²) in [6, 6.07) is 1.16. The second-order valence-corrected chi connectivity index (χ2v) is 7.52. The van der Waals surface area contributed by atoms with E-state index >= 15 is 0 Å². The van der Waals surface area contributed by atoms with Crippen molar-refractivity contribution >= 4 is 29.9 Å². The minimum atomic E-state index is 0. The molecular weight excluding hydrogens is 425 g/mol. The molecule has 0 aromatic carbocycles. The van der Waals surface area contributed by atoms with Gasteiger partial charge < -0.3 is 15.5 Å². The molecule has 1 saturated heterocycles. The highest BCUT2D eigenvalue weighted by Gasteiger charge is 2.17. The van der Waals surface area contributed by atoms with E-state index < -0.39 is 0 Å². The minimum Gasteiger partial charge on any atom is -0.356 e. The molecule has 150 valence electrons. The second-order valence-electron chi connectivity index (χ2n) is 7.52. The van der Waals surface area contributed by atoms with Crippen LogP contribution in [0.3, 0.4) is 0 Å². The molecule has 6 heteroatoms. The fraction of sp³-hybridized carbons (Fsp3) is 0.947. The predicted molar refractivity (Wildman–Crippen MR) is 121 cm³/mol. The lowest BCUT2D eigenvalue weighted by atomic mass is 9.93. The second kappa shape index (κ2) is 14.0. The molecule has 0 spiro atoms. The summed E-state index contributed by atoms with van der Waals surface area (Å²) in [7, 11) is 1.86. The summed E-state index contributed by atoms with van der Waals surface area (Å²) >= 11 is 0. The number of aliphatic imine (C=N–C) groups is 1. The Bertz CT molecular complexity index is 344. The third-order valence-corrected chi connectivity index (χ3v) is 5.21. The van der Waals surface area contributed by atoms with Crippen molar-refractivity contribution in [2.75, 3.05) is 46.3 Å². The zero-order valence-electron chi connectivity index (χ0n) is 17.3. The van der Waals surface area contributed by atoms with Crippen molar-refractivity contribution in [2.24, 2.45) is 10.9 Å². The molecule has 5 nitrogen and oxygen atoms in total. The number of rotatable bonds is 9. The van der Waals surface area contributed by atoms with Crippen molar-refractivity contribution in [1.29, 1.82) is 0 Å². The molecular formula is C19H42IN5. The third-order valence-electron chi connectivity index (χ3n) is 5.21. The number of nitrogens with zero attached hydrogens (tertiary/aromatic N) is 3. The van der Waals surface area contributed by atoms with Crippen molar-refractivity contribution in [3.05, 3.63) is 0 Å². The Hall–Kier alpha value is -0.0800. The van der Waals surface area contributed by atoms with Crippen LogP contribution in [0.5, 0.6) is 0 Å². The molecule has 25 heavy (non-hydrogen) atoms. The SMILES string of the molecule is CCN1CCC(CCNC(=NC)NCCN(C(C)C)C(C)C)CC1.I. The smallest absolute Gasteiger partial charge is 0.191 e. The summed E-state index contributed by atoms with van der Waals surface area (Å²) in [6.45, 7) is 18.1. The van der Waals surface area contributed by atoms with Crippen LogP contribution in [-0.2, 0) is 0 Å². The first-order chi connectivity index (χ1) is 11.5. The molecule has 1 fully saturated rings. The van der Waals surface area contributed by atoms with Gasteiger partial charge in [-0.3, -0.25) is 9.89 Å². The molecule has 0 radical (unpaired) electrons. The fourth-order valence-corrected chi connectivity index (χ4v) is 3.62. The molecule has 2 N–H and O–H groups in total. The number of likely N-dealkylation sites (tertiary alicyclic amines) is 1. The zero-order valence-corrected chi connectivity index (χ0v) is 19.7. The quantitative estimate of drug-likeness (QED) is 0.311. The van der Waals surface area contributed by atoms with Gasteiger partial charge in [-0.25, -0.2) is 0 Å². The van der Waals surface area contributed by atoms with Crippen LogP contribution in [0.4, 0.5) is 0 Å². The lowest BCUT2D eigenvalue weighted by molar-refractivity contribution is 0.178. The molecule has 0 aliphatic carbocycles. The van der Waals surface area contributed by atoms with Gasteiger partial charge in [0, 0.05) is 38.8 Å². The summed E-state index contributed by atoms with van der Waals surface area (Å²) < 4.78 is 0. The molecule has 0 aromatic rings. The van der Waals surface area contributed by atoms with Gasteiger partial charge in [0.1, 0.15) is 0 Å². The maximum atomic E-state index is 4.35. The summed E-state index contributed by atoms with van der Waals surface area (Å²) in [4.78, 5) is 9.41. The first-order valence-electron chi connectivity index (χ1n) is 9.90. The van der Waals surface area contributed by atoms with Gasteiger partial charge in [0.2, 0.25) is 0 Å². The number of hydrogen-bond donors (Lipinski definition) is 2. The highest BCUT2D eigenvalue weighted by Crippen LogP contribution is 2.19. The maximum absolute atomic E-state index is 4.35. The fourth-order valence-electron chi connectivity index (χ4n) is 3.62. The normalized spacial score (nSPS) is 17.2. The zero-order chi connectivity index (χ0) is 17.9. The molecule has 1 heterocycles. The molecule has 1 aliphatic heterocycles. The number of piperidine rings is 1. The van der Waals surface area contributed by atoms with Crippen LogP contribution in [0.2, 0.25) is 0 Å². The van der Waals surface area contributed by atoms with Crippen LogP contribution in [-0.4, -0.2) is 74.2 Å². The summed E-state index contributed by atoms with van der Waals surface area (Å²) in [5, 5.41) is 6.93. The standard InChI is InChI=1S/C19H41N5.HI/c1-7-23-13-9-18(10-14-23)8-11-21-19(20-6)22-12-15-24(16(2)3)17(4)5;/h16-18H,7-15H2,1-6H3,(H2,20,21,22);1H. The first-order valence-corrected chi connectivity index (χ1v) is 9.90. The van der Waals surface area contributed by atoms with Gasteiger partial charge in [-0.1, -0.05) is 6.92 Å². The Balaban J connectivity index is 0.00000576. The van der Waals surface area contributed by atoms with E-state index in [-0.39, 0.29) is 24.0 Å². The molecule has 0 unspecified atom stereocenters. The highest BCUT2D eigenvalue weighted by molar-refractivity contribution is 14.0. The van der Waals surface area contributed by atoms with Gasteiger partial charge >= 0.3 is 0 Å². The summed E-state index contributed by atoms with van der Waals surface area (Å²) in [6.07, 6.45) is 3.95. The van der Waals surface area contributed by atoms with Crippen LogP contribution in [0.15, 0.2) is 4.99 Å². The number of guanidine groups is 1. The average Bonchev–Trinajstić information content (AvgIpc) is 2.56. The number of hydrogen-bond acceptors (Lipinski definition) is 3. The number of nitrogens with one attached hydrogen (secondary N) is 2. The molecule has 0 bridgehead atoms. The Morgan fingerprint density at radius 1 is 1.08 bits per heavy atom. The average molecular weight is 467 g/mol. The maximum Gasteiger partial charge on any atom is 0.191 e. The number of halogens is 1. The van der Waals surface area contributed by atoms with Gasteiger partial charge in [0.25, 0.3) is 0 Å². The van der Waals surface area contributed by atoms with Crippen LogP contribution in [0.1, 0.15) is 53.9 Å². The highest BCUT2D eigenvalue weighted by atomic mass is 127. The van der Waals surface area contributed by atoms with Gasteiger partial charge in [0.05, 0.1) is 0 Å². The van der Waals surface area contributed by atoms with Gasteiger partial charge in [0.15, 0.2) is 5.96 Å². The lowest BCUT2D eigenvalue weighted by Gasteiger charge is -2.31. The van der Waals surface area contributed by atoms with E-state index in [1.54, 1.807) is 0 Å². The lowest BCUT2D eigenvalue weighted by Crippen LogP contribution is -2.45. The molecule has 1 aliphatic rings. The Morgan fingerprint density at radius 2 is 1.64 bits per heavy atom. The minimum absolute atomic E-state index is 0. The van der Waals surface area contributed by atoms with Gasteiger partial charge in [-0.15, -0.1) is 24.0 Å². The van der Waals surface area contributed by atoms with E-state index in [0.717, 1.165) is 31.5 Å². The van der Waals surface area contributed by atoms with E-state index in [9.17, 15) is 0 Å². The van der Waals surface area contributed by atoms with Crippen LogP contribution in [0, 0.1) is 5.92 Å². The largest absolute Gasteiger partial charge is 0.356 e. The topological polar surface area (TPSA) is 42.9 Å². The van der Waals surface area contributed by atoms with Crippen molar-refractivity contribution < 1.29 is 0 Å². The Labute approximate surface area is 173 Å². The first kappa shape index (κ1) is 24.9. The predicted octanol–water partition coefficient (Wildman–Crippen LogP) is 3.01. The van der Waals surface area contributed by atoms with Crippen LogP contribution < -0.4 is 10.6 Å². The molecule has 0 amide bonds. The molecule has 1 rings (SSSR count). The molecule has 0 atom stereocenters. The van der Waals surface area contributed by atoms with Crippen LogP contribution in [0.25, 0.3) is 0 Å². The Kier molecular flexibility index (Phi) is 14.0. The monoisotopic (exact) mass is 467 g/mol. The van der Waals surface area contributed by atoms with E-state index in [1.807, 2.05) is 7.05 Å². The third kappa shape index (κ3) is 9.99. The van der Waals surface area contributed by atoms with Crippen molar-refractivity contribution in [2.45, 2.75) is 66.0 Å². The van der Waals surface area contributed by atoms with E-state index in [0.29, 0.717) is 12.1 Å². The molecule has 0 aromatic heterocycles.